The third-order valence-electron chi connectivity index (χ3n) is 6.31. The minimum atomic E-state index is -0.299. The van der Waals surface area contributed by atoms with Crippen molar-refractivity contribution in [3.63, 3.8) is 0 Å². The molecule has 144 valence electrons. The van der Waals surface area contributed by atoms with E-state index >= 15 is 0 Å². The van der Waals surface area contributed by atoms with E-state index < -0.39 is 0 Å². The summed E-state index contributed by atoms with van der Waals surface area (Å²) in [7, 11) is 1.81. The molecule has 1 aliphatic carbocycles. The highest BCUT2D eigenvalue weighted by Gasteiger charge is 2.38. The van der Waals surface area contributed by atoms with Gasteiger partial charge in [-0.05, 0) is 64.0 Å². The van der Waals surface area contributed by atoms with Gasteiger partial charge in [0, 0.05) is 37.8 Å². The molecule has 2 fully saturated rings. The number of nitro benzene ring substituents is 1. The smallest absolute Gasteiger partial charge is 0.292 e. The van der Waals surface area contributed by atoms with Crippen molar-refractivity contribution in [2.45, 2.75) is 70.1 Å². The summed E-state index contributed by atoms with van der Waals surface area (Å²) in [4.78, 5) is 13.6. The second-order valence-corrected chi connectivity index (χ2v) is 8.12. The highest BCUT2D eigenvalue weighted by molar-refractivity contribution is 5.63. The number of hydrogen-bond acceptors (Lipinski definition) is 5. The van der Waals surface area contributed by atoms with Crippen molar-refractivity contribution < 1.29 is 9.66 Å². The van der Waals surface area contributed by atoms with E-state index in [4.69, 9.17) is 4.74 Å². The van der Waals surface area contributed by atoms with Gasteiger partial charge in [-0.2, -0.15) is 0 Å². The monoisotopic (exact) mass is 361 g/mol. The topological polar surface area (TPSA) is 67.6 Å². The Morgan fingerprint density at radius 1 is 1.23 bits per heavy atom. The van der Waals surface area contributed by atoms with Crippen LogP contribution in [-0.2, 0) is 4.74 Å². The molecule has 2 aliphatic rings. The highest BCUT2D eigenvalue weighted by atomic mass is 16.6. The maximum absolute atomic E-state index is 11.3. The molecule has 0 aromatic heterocycles. The summed E-state index contributed by atoms with van der Waals surface area (Å²) in [5, 5.41) is 14.7. The second kappa shape index (κ2) is 7.92. The van der Waals surface area contributed by atoms with Gasteiger partial charge in [0.05, 0.1) is 11.0 Å². The third-order valence-corrected chi connectivity index (χ3v) is 6.31. The van der Waals surface area contributed by atoms with Crippen molar-refractivity contribution in [2.75, 3.05) is 25.5 Å². The van der Waals surface area contributed by atoms with Crippen molar-refractivity contribution in [1.29, 1.82) is 0 Å². The Morgan fingerprint density at radius 3 is 2.46 bits per heavy atom. The zero-order valence-electron chi connectivity index (χ0n) is 16.2. The second-order valence-electron chi connectivity index (χ2n) is 8.12. The number of hydrogen-bond donors (Lipinski definition) is 1. The number of rotatable bonds is 5. The number of likely N-dealkylation sites (tertiary alicyclic amines) is 1. The van der Waals surface area contributed by atoms with E-state index in [0.717, 1.165) is 44.3 Å². The SMILES string of the molecule is CO[C@H]1CC[C@@](C)(N2CCC(Nc3cc(C)ccc3[N+](=O)[O-])CC2)CC1. The lowest BCUT2D eigenvalue weighted by Gasteiger charge is -2.48. The summed E-state index contributed by atoms with van der Waals surface area (Å²) in [6, 6.07) is 5.58. The number of benzene rings is 1. The zero-order chi connectivity index (χ0) is 18.7. The molecule has 1 N–H and O–H groups in total. The fourth-order valence-corrected chi connectivity index (χ4v) is 4.47. The molecule has 0 unspecified atom stereocenters. The Bertz CT molecular complexity index is 633. The Labute approximate surface area is 156 Å². The molecule has 0 spiro atoms. The first-order valence-corrected chi connectivity index (χ1v) is 9.71. The normalized spacial score (nSPS) is 28.0. The molecular formula is C20H31N3O3. The molecule has 1 aromatic rings. The minimum Gasteiger partial charge on any atom is -0.381 e. The van der Waals surface area contributed by atoms with Crippen molar-refractivity contribution in [3.8, 4) is 0 Å². The molecule has 0 bridgehead atoms. The Balaban J connectivity index is 1.58. The summed E-state index contributed by atoms with van der Waals surface area (Å²) >= 11 is 0. The average Bonchev–Trinajstić information content (AvgIpc) is 2.63. The predicted octanol–water partition coefficient (Wildman–Crippen LogP) is 4.13. The zero-order valence-corrected chi connectivity index (χ0v) is 16.2. The van der Waals surface area contributed by atoms with E-state index in [2.05, 4.69) is 17.1 Å². The van der Waals surface area contributed by atoms with Gasteiger partial charge in [0.25, 0.3) is 5.69 Å². The molecule has 1 heterocycles. The molecule has 0 amide bonds. The summed E-state index contributed by atoms with van der Waals surface area (Å²) in [5.41, 5.74) is 2.14. The quantitative estimate of drug-likeness (QED) is 0.631. The minimum absolute atomic E-state index is 0.169. The van der Waals surface area contributed by atoms with E-state index in [1.54, 1.807) is 12.1 Å². The van der Waals surface area contributed by atoms with Crippen LogP contribution in [0.3, 0.4) is 0 Å². The Morgan fingerprint density at radius 2 is 1.88 bits per heavy atom. The molecule has 1 aliphatic heterocycles. The van der Waals surface area contributed by atoms with Crippen LogP contribution in [0.2, 0.25) is 0 Å². The van der Waals surface area contributed by atoms with E-state index in [1.807, 2.05) is 20.1 Å². The van der Waals surface area contributed by atoms with Crippen LogP contribution in [0, 0.1) is 17.0 Å². The first-order valence-electron chi connectivity index (χ1n) is 9.71. The van der Waals surface area contributed by atoms with Gasteiger partial charge in [-0.3, -0.25) is 15.0 Å². The van der Waals surface area contributed by atoms with Crippen molar-refractivity contribution in [1.82, 2.24) is 4.90 Å². The lowest BCUT2D eigenvalue weighted by atomic mass is 9.79. The molecule has 6 nitrogen and oxygen atoms in total. The van der Waals surface area contributed by atoms with Crippen molar-refractivity contribution in [3.05, 3.63) is 33.9 Å². The van der Waals surface area contributed by atoms with Gasteiger partial charge in [-0.15, -0.1) is 0 Å². The van der Waals surface area contributed by atoms with Gasteiger partial charge in [0.1, 0.15) is 5.69 Å². The number of anilines is 1. The van der Waals surface area contributed by atoms with Gasteiger partial charge in [-0.25, -0.2) is 0 Å². The Hall–Kier alpha value is -1.66. The Kier molecular flexibility index (Phi) is 5.82. The van der Waals surface area contributed by atoms with Crippen LogP contribution in [0.25, 0.3) is 0 Å². The first-order chi connectivity index (χ1) is 12.4. The average molecular weight is 361 g/mol. The molecular weight excluding hydrogens is 330 g/mol. The molecule has 26 heavy (non-hydrogen) atoms. The molecule has 6 heteroatoms. The largest absolute Gasteiger partial charge is 0.381 e. The molecule has 3 rings (SSSR count). The van der Waals surface area contributed by atoms with E-state index in [0.29, 0.717) is 17.8 Å². The molecule has 0 radical (unpaired) electrons. The lowest BCUT2D eigenvalue weighted by Crippen LogP contribution is -2.53. The predicted molar refractivity (Wildman–Crippen MR) is 104 cm³/mol. The van der Waals surface area contributed by atoms with E-state index in [-0.39, 0.29) is 16.1 Å². The molecule has 1 saturated heterocycles. The van der Waals surface area contributed by atoms with Crippen molar-refractivity contribution >= 4 is 11.4 Å². The standard InChI is InChI=1S/C20H31N3O3/c1-15-4-5-19(23(24)25)18(14-15)21-16-8-12-22(13-9-16)20(2)10-6-17(26-3)7-11-20/h4-5,14,16-17,21H,6-13H2,1-3H3/t17-,20+. The number of nitro groups is 1. The van der Waals surface area contributed by atoms with Crippen LogP contribution >= 0.6 is 0 Å². The van der Waals surface area contributed by atoms with E-state index in [1.165, 1.54) is 12.8 Å². The summed E-state index contributed by atoms with van der Waals surface area (Å²) in [5.74, 6) is 0. The van der Waals surface area contributed by atoms with Crippen molar-refractivity contribution in [2.24, 2.45) is 0 Å². The van der Waals surface area contributed by atoms with Crippen LogP contribution in [0.4, 0.5) is 11.4 Å². The first kappa shape index (κ1) is 19.1. The van der Waals surface area contributed by atoms with Gasteiger partial charge < -0.3 is 10.1 Å². The highest BCUT2D eigenvalue weighted by Crippen LogP contribution is 2.36. The van der Waals surface area contributed by atoms with Crippen LogP contribution in [0.15, 0.2) is 18.2 Å². The number of nitrogens with zero attached hydrogens (tertiary/aromatic N) is 2. The summed E-state index contributed by atoms with van der Waals surface area (Å²) in [6.07, 6.45) is 7.12. The molecule has 0 atom stereocenters. The van der Waals surface area contributed by atoms with Gasteiger partial charge >= 0.3 is 0 Å². The van der Waals surface area contributed by atoms with E-state index in [9.17, 15) is 10.1 Å². The lowest BCUT2D eigenvalue weighted by molar-refractivity contribution is -0.384. The fraction of sp³-hybridized carbons (Fsp3) is 0.700. The van der Waals surface area contributed by atoms with Gasteiger partial charge in [-0.1, -0.05) is 6.07 Å². The third kappa shape index (κ3) is 4.18. The van der Waals surface area contributed by atoms with Crippen LogP contribution in [0.5, 0.6) is 0 Å². The molecule has 1 saturated carbocycles. The summed E-state index contributed by atoms with van der Waals surface area (Å²) in [6.45, 7) is 6.45. The number of piperidine rings is 1. The number of ether oxygens (including phenoxy) is 1. The van der Waals surface area contributed by atoms with Crippen LogP contribution in [-0.4, -0.2) is 47.7 Å². The maximum Gasteiger partial charge on any atom is 0.292 e. The maximum atomic E-state index is 11.3. The van der Waals surface area contributed by atoms with Gasteiger partial charge in [0.15, 0.2) is 0 Å². The van der Waals surface area contributed by atoms with Crippen LogP contribution < -0.4 is 5.32 Å². The summed E-state index contributed by atoms with van der Waals surface area (Å²) < 4.78 is 5.51. The fourth-order valence-electron chi connectivity index (χ4n) is 4.47. The number of nitrogens with one attached hydrogen (secondary N) is 1. The number of aryl methyl sites for hydroxylation is 1. The van der Waals surface area contributed by atoms with Gasteiger partial charge in [0.2, 0.25) is 0 Å². The number of methoxy groups -OCH3 is 1. The molecule has 1 aromatic carbocycles. The van der Waals surface area contributed by atoms with Crippen LogP contribution in [0.1, 0.15) is 51.0 Å².